The van der Waals surface area contributed by atoms with Gasteiger partial charge in [-0.1, -0.05) is 29.8 Å². The third kappa shape index (κ3) is 3.19. The zero-order valence-electron chi connectivity index (χ0n) is 13.3. The Morgan fingerprint density at radius 1 is 1.23 bits per heavy atom. The second-order valence-corrected chi connectivity index (χ2v) is 6.55. The van der Waals surface area contributed by atoms with Gasteiger partial charge in [-0.2, -0.15) is 5.10 Å². The summed E-state index contributed by atoms with van der Waals surface area (Å²) in [7, 11) is 0. The molecule has 0 spiro atoms. The lowest BCUT2D eigenvalue weighted by Gasteiger charge is -2.32. The van der Waals surface area contributed by atoms with Crippen molar-refractivity contribution in [2.24, 2.45) is 0 Å². The minimum absolute atomic E-state index is 0.294. The minimum Gasteiger partial charge on any atom is -0.364 e. The molecule has 2 aromatic rings. The summed E-state index contributed by atoms with van der Waals surface area (Å²) >= 11 is 6.61. The Morgan fingerprint density at radius 3 is 2.50 bits per heavy atom. The predicted octanol–water partition coefficient (Wildman–Crippen LogP) is 2.03. The van der Waals surface area contributed by atoms with Crippen LogP contribution in [0.4, 0.5) is 0 Å². The molecule has 5 heteroatoms. The fourth-order valence-electron chi connectivity index (χ4n) is 3.26. The summed E-state index contributed by atoms with van der Waals surface area (Å²) < 4.78 is 7.65. The number of benzene rings is 1. The molecule has 0 radical (unpaired) electrons. The highest BCUT2D eigenvalue weighted by molar-refractivity contribution is 6.30. The highest BCUT2D eigenvalue weighted by Crippen LogP contribution is 2.22. The maximum Gasteiger partial charge on any atom is 0.142 e. The van der Waals surface area contributed by atoms with E-state index in [1.165, 1.54) is 4.90 Å². The summed E-state index contributed by atoms with van der Waals surface area (Å²) in [4.78, 5) is 1.50. The van der Waals surface area contributed by atoms with Gasteiger partial charge in [0.1, 0.15) is 37.0 Å². The molecule has 1 aliphatic rings. The number of quaternary nitrogens is 1. The van der Waals surface area contributed by atoms with Gasteiger partial charge in [-0.15, -0.1) is 0 Å². The molecule has 3 rings (SSSR count). The van der Waals surface area contributed by atoms with E-state index in [2.05, 4.69) is 18.9 Å². The molecule has 22 heavy (non-hydrogen) atoms. The van der Waals surface area contributed by atoms with Crippen molar-refractivity contribution in [3.05, 3.63) is 46.7 Å². The Morgan fingerprint density at radius 2 is 1.86 bits per heavy atom. The van der Waals surface area contributed by atoms with Crippen molar-refractivity contribution >= 4 is 11.6 Å². The van der Waals surface area contributed by atoms with Crippen molar-refractivity contribution in [1.82, 2.24) is 9.78 Å². The molecular weight excluding hydrogens is 298 g/mol. The number of rotatable bonds is 3. The Balaban J connectivity index is 1.84. The highest BCUT2D eigenvalue weighted by atomic mass is 35.5. The van der Waals surface area contributed by atoms with Crippen molar-refractivity contribution in [3.63, 3.8) is 0 Å². The van der Waals surface area contributed by atoms with E-state index in [0.29, 0.717) is 12.2 Å². The lowest BCUT2D eigenvalue weighted by molar-refractivity contribution is -0.928. The van der Waals surface area contributed by atoms with Crippen molar-refractivity contribution in [2.75, 3.05) is 13.1 Å². The van der Waals surface area contributed by atoms with E-state index in [1.807, 2.05) is 41.9 Å². The second-order valence-electron chi connectivity index (χ2n) is 6.19. The van der Waals surface area contributed by atoms with Gasteiger partial charge in [-0.3, -0.25) is 0 Å². The lowest BCUT2D eigenvalue weighted by Crippen LogP contribution is -3.14. The first-order chi connectivity index (χ1) is 10.5. The summed E-state index contributed by atoms with van der Waals surface area (Å²) in [5.41, 5.74) is 3.15. The SMILES string of the molecule is Cc1nn(-c2ccccc2)c(Cl)c1C[NH+]1C[C@@H](C)O[C@H](C)C1. The van der Waals surface area contributed by atoms with E-state index in [4.69, 9.17) is 16.3 Å². The van der Waals surface area contributed by atoms with Crippen molar-refractivity contribution < 1.29 is 9.64 Å². The van der Waals surface area contributed by atoms with E-state index < -0.39 is 0 Å². The number of halogens is 1. The van der Waals surface area contributed by atoms with Crippen molar-refractivity contribution in [3.8, 4) is 5.69 Å². The molecular formula is C17H23ClN3O+. The predicted molar refractivity (Wildman–Crippen MR) is 87.7 cm³/mol. The van der Waals surface area contributed by atoms with Gasteiger partial charge >= 0.3 is 0 Å². The van der Waals surface area contributed by atoms with E-state index in [1.54, 1.807) is 0 Å². The van der Waals surface area contributed by atoms with Crippen LogP contribution in [0.5, 0.6) is 0 Å². The van der Waals surface area contributed by atoms with Crippen LogP contribution in [0.2, 0.25) is 5.15 Å². The summed E-state index contributed by atoms with van der Waals surface area (Å²) in [5, 5.41) is 5.35. The number of para-hydroxylation sites is 1. The van der Waals surface area contributed by atoms with Gasteiger partial charge in [0.15, 0.2) is 0 Å². The molecule has 2 atom stereocenters. The summed E-state index contributed by atoms with van der Waals surface area (Å²) in [5.74, 6) is 0. The van der Waals surface area contributed by atoms with Crippen molar-refractivity contribution in [1.29, 1.82) is 0 Å². The van der Waals surface area contributed by atoms with Gasteiger partial charge in [-0.05, 0) is 32.9 Å². The number of ether oxygens (including phenoxy) is 1. The van der Waals surface area contributed by atoms with Gasteiger partial charge in [0, 0.05) is 0 Å². The average Bonchev–Trinajstić information content (AvgIpc) is 2.75. The second kappa shape index (κ2) is 6.41. The molecule has 1 saturated heterocycles. The summed E-state index contributed by atoms with van der Waals surface area (Å²) in [6, 6.07) is 10.0. The third-order valence-electron chi connectivity index (χ3n) is 4.17. The fourth-order valence-corrected chi connectivity index (χ4v) is 3.59. The van der Waals surface area contributed by atoms with Crippen LogP contribution in [0.1, 0.15) is 25.1 Å². The van der Waals surface area contributed by atoms with Crippen LogP contribution >= 0.6 is 11.6 Å². The van der Waals surface area contributed by atoms with Crippen LogP contribution in [-0.4, -0.2) is 35.1 Å². The maximum atomic E-state index is 6.61. The maximum absolute atomic E-state index is 6.61. The van der Waals surface area contributed by atoms with Crippen LogP contribution in [0.25, 0.3) is 5.69 Å². The normalized spacial score (nSPS) is 25.4. The fraction of sp³-hybridized carbons (Fsp3) is 0.471. The van der Waals surface area contributed by atoms with Crippen LogP contribution in [0, 0.1) is 6.92 Å². The van der Waals surface area contributed by atoms with Crippen LogP contribution < -0.4 is 4.90 Å². The molecule has 0 unspecified atom stereocenters. The first-order valence-electron chi connectivity index (χ1n) is 7.83. The standard InChI is InChI=1S/C17H22ClN3O/c1-12-9-20(10-13(2)22-12)11-16-14(3)19-21(17(16)18)15-7-5-4-6-8-15/h4-8,12-13H,9-11H2,1-3H3/p+1/t12-,13-/m1/s1. The number of aryl methyl sites for hydroxylation is 1. The Labute approximate surface area is 136 Å². The van der Waals surface area contributed by atoms with E-state index >= 15 is 0 Å². The lowest BCUT2D eigenvalue weighted by atomic mass is 10.2. The van der Waals surface area contributed by atoms with Gasteiger partial charge in [-0.25, -0.2) is 4.68 Å². The molecule has 1 aromatic carbocycles. The number of morpholine rings is 1. The minimum atomic E-state index is 0.294. The van der Waals surface area contributed by atoms with Gasteiger partial charge < -0.3 is 9.64 Å². The first-order valence-corrected chi connectivity index (χ1v) is 8.21. The number of hydrogen-bond donors (Lipinski definition) is 1. The van der Waals surface area contributed by atoms with E-state index in [9.17, 15) is 0 Å². The van der Waals surface area contributed by atoms with Crippen LogP contribution in [-0.2, 0) is 11.3 Å². The third-order valence-corrected chi connectivity index (χ3v) is 4.55. The topological polar surface area (TPSA) is 31.5 Å². The number of hydrogen-bond acceptors (Lipinski definition) is 2. The monoisotopic (exact) mass is 320 g/mol. The summed E-state index contributed by atoms with van der Waals surface area (Å²) in [6.07, 6.45) is 0.587. The zero-order chi connectivity index (χ0) is 15.7. The number of aromatic nitrogens is 2. The molecule has 0 saturated carbocycles. The quantitative estimate of drug-likeness (QED) is 0.938. The Bertz CT molecular complexity index is 631. The van der Waals surface area contributed by atoms with E-state index in [0.717, 1.165) is 41.7 Å². The molecule has 2 heterocycles. The Hall–Kier alpha value is -1.36. The van der Waals surface area contributed by atoms with E-state index in [-0.39, 0.29) is 0 Å². The molecule has 0 amide bonds. The molecule has 4 nitrogen and oxygen atoms in total. The molecule has 1 aliphatic heterocycles. The smallest absolute Gasteiger partial charge is 0.142 e. The van der Waals surface area contributed by atoms with Crippen LogP contribution in [0.15, 0.2) is 30.3 Å². The number of nitrogens with zero attached hydrogens (tertiary/aromatic N) is 2. The average molecular weight is 321 g/mol. The zero-order valence-corrected chi connectivity index (χ0v) is 14.1. The molecule has 118 valence electrons. The molecule has 1 fully saturated rings. The molecule has 1 aromatic heterocycles. The largest absolute Gasteiger partial charge is 0.364 e. The van der Waals surface area contributed by atoms with Crippen molar-refractivity contribution in [2.45, 2.75) is 39.5 Å². The highest BCUT2D eigenvalue weighted by Gasteiger charge is 2.28. The van der Waals surface area contributed by atoms with Gasteiger partial charge in [0.05, 0.1) is 16.9 Å². The number of nitrogens with one attached hydrogen (secondary N) is 1. The van der Waals surface area contributed by atoms with Gasteiger partial charge in [0.2, 0.25) is 0 Å². The first kappa shape index (κ1) is 15.5. The summed E-state index contributed by atoms with van der Waals surface area (Å²) in [6.45, 7) is 9.23. The van der Waals surface area contributed by atoms with Gasteiger partial charge in [0.25, 0.3) is 0 Å². The molecule has 1 N–H and O–H groups in total. The Kier molecular flexibility index (Phi) is 4.52. The molecule has 0 aliphatic carbocycles. The molecule has 0 bridgehead atoms. The van der Waals surface area contributed by atoms with Crippen LogP contribution in [0.3, 0.4) is 0 Å².